The van der Waals surface area contributed by atoms with Crippen molar-refractivity contribution in [1.29, 1.82) is 0 Å². The number of guanidine groups is 1. The summed E-state index contributed by atoms with van der Waals surface area (Å²) in [5.74, 6) is 0.969. The number of anilines is 1. The summed E-state index contributed by atoms with van der Waals surface area (Å²) in [6.45, 7) is 8.18. The van der Waals surface area contributed by atoms with Crippen LogP contribution in [0.1, 0.15) is 20.3 Å². The summed E-state index contributed by atoms with van der Waals surface area (Å²) in [7, 11) is 0. The number of carbonyl (C=O) groups is 1. The third-order valence-electron chi connectivity index (χ3n) is 4.24. The fraction of sp³-hybridized carbons (Fsp3) is 0.556. The van der Waals surface area contributed by atoms with E-state index in [2.05, 4.69) is 29.1 Å². The number of carbonyl (C=O) groups excluding carboxylic acids is 1. The van der Waals surface area contributed by atoms with Gasteiger partial charge in [0.25, 0.3) is 0 Å². The number of halogens is 2. The van der Waals surface area contributed by atoms with Gasteiger partial charge in [0.15, 0.2) is 5.96 Å². The van der Waals surface area contributed by atoms with E-state index < -0.39 is 0 Å². The molecule has 3 N–H and O–H groups in total. The van der Waals surface area contributed by atoms with Crippen molar-refractivity contribution < 1.29 is 4.79 Å². The topological polar surface area (TPSA) is 74.0 Å². The van der Waals surface area contributed by atoms with Crippen LogP contribution in [0.2, 0.25) is 5.02 Å². The van der Waals surface area contributed by atoms with Crippen LogP contribution in [0.25, 0.3) is 0 Å². The fourth-order valence-electron chi connectivity index (χ4n) is 2.66. The molecule has 1 saturated heterocycles. The zero-order valence-corrected chi connectivity index (χ0v) is 18.5. The molecule has 1 heterocycles. The summed E-state index contributed by atoms with van der Waals surface area (Å²) in [5, 5.41) is 3.77. The highest BCUT2D eigenvalue weighted by molar-refractivity contribution is 14.0. The van der Waals surface area contributed by atoms with Gasteiger partial charge in [0.2, 0.25) is 5.91 Å². The summed E-state index contributed by atoms with van der Waals surface area (Å²) < 4.78 is 0. The Morgan fingerprint density at radius 1 is 1.23 bits per heavy atom. The second-order valence-corrected chi connectivity index (χ2v) is 7.09. The van der Waals surface area contributed by atoms with Gasteiger partial charge in [-0.3, -0.25) is 4.79 Å². The Morgan fingerprint density at radius 2 is 1.85 bits per heavy atom. The first-order valence-electron chi connectivity index (χ1n) is 8.78. The number of hydrogen-bond donors (Lipinski definition) is 2. The van der Waals surface area contributed by atoms with Gasteiger partial charge in [-0.05, 0) is 36.6 Å². The number of nitrogens with one attached hydrogen (secondary N) is 1. The van der Waals surface area contributed by atoms with Gasteiger partial charge in [-0.15, -0.1) is 24.0 Å². The van der Waals surface area contributed by atoms with Crippen LogP contribution in [-0.2, 0) is 4.79 Å². The smallest absolute Gasteiger partial charge is 0.244 e. The Labute approximate surface area is 178 Å². The quantitative estimate of drug-likeness (QED) is 0.363. The fourth-order valence-corrected chi connectivity index (χ4v) is 2.79. The third kappa shape index (κ3) is 7.57. The van der Waals surface area contributed by atoms with Gasteiger partial charge in [0.05, 0.1) is 0 Å². The molecule has 2 rings (SSSR count). The lowest BCUT2D eigenvalue weighted by Gasteiger charge is -2.36. The van der Waals surface area contributed by atoms with E-state index in [-0.39, 0.29) is 36.4 Å². The van der Waals surface area contributed by atoms with E-state index in [0.717, 1.165) is 36.8 Å². The van der Waals surface area contributed by atoms with Gasteiger partial charge in [-0.2, -0.15) is 0 Å². The lowest BCUT2D eigenvalue weighted by atomic mass is 10.1. The number of rotatable bonds is 6. The van der Waals surface area contributed by atoms with Crippen molar-refractivity contribution in [1.82, 2.24) is 10.2 Å². The van der Waals surface area contributed by atoms with Crippen molar-refractivity contribution in [3.05, 3.63) is 29.3 Å². The molecule has 0 bridgehead atoms. The SMILES string of the molecule is CC(C)CCNC(N)=NCC(=O)N1CCN(c2ccc(Cl)cc2)CC1.I. The highest BCUT2D eigenvalue weighted by Crippen LogP contribution is 2.19. The molecule has 146 valence electrons. The zero-order valence-electron chi connectivity index (χ0n) is 15.4. The monoisotopic (exact) mass is 493 g/mol. The van der Waals surface area contributed by atoms with Gasteiger partial charge >= 0.3 is 0 Å². The van der Waals surface area contributed by atoms with Crippen molar-refractivity contribution in [2.24, 2.45) is 16.6 Å². The predicted octanol–water partition coefficient (Wildman–Crippen LogP) is 2.56. The maximum atomic E-state index is 12.3. The molecule has 0 spiro atoms. The van der Waals surface area contributed by atoms with Crippen LogP contribution in [0, 0.1) is 5.92 Å². The highest BCUT2D eigenvalue weighted by atomic mass is 127. The molecule has 0 atom stereocenters. The van der Waals surface area contributed by atoms with E-state index in [0.29, 0.717) is 25.0 Å². The molecule has 0 aliphatic carbocycles. The normalized spacial score (nSPS) is 15.0. The second kappa shape index (κ2) is 11.5. The number of nitrogens with zero attached hydrogens (tertiary/aromatic N) is 3. The van der Waals surface area contributed by atoms with Crippen LogP contribution >= 0.6 is 35.6 Å². The zero-order chi connectivity index (χ0) is 18.2. The first kappa shape index (κ1) is 22.8. The second-order valence-electron chi connectivity index (χ2n) is 6.66. The molecule has 1 aromatic carbocycles. The van der Waals surface area contributed by atoms with E-state index in [1.165, 1.54) is 0 Å². The van der Waals surface area contributed by atoms with Crippen LogP contribution in [0.3, 0.4) is 0 Å². The average molecular weight is 494 g/mol. The molecule has 0 radical (unpaired) electrons. The molecule has 26 heavy (non-hydrogen) atoms. The summed E-state index contributed by atoms with van der Waals surface area (Å²) in [6.07, 6.45) is 1.02. The molecular formula is C18H29ClIN5O. The Morgan fingerprint density at radius 3 is 2.42 bits per heavy atom. The van der Waals surface area contributed by atoms with Gasteiger partial charge in [0, 0.05) is 43.4 Å². The number of amides is 1. The molecule has 0 unspecified atom stereocenters. The number of hydrogen-bond acceptors (Lipinski definition) is 3. The predicted molar refractivity (Wildman–Crippen MR) is 120 cm³/mol. The van der Waals surface area contributed by atoms with E-state index in [1.54, 1.807) is 0 Å². The van der Waals surface area contributed by atoms with Crippen molar-refractivity contribution >= 4 is 53.1 Å². The van der Waals surface area contributed by atoms with Gasteiger partial charge < -0.3 is 20.9 Å². The molecule has 1 aliphatic heterocycles. The van der Waals surface area contributed by atoms with Crippen molar-refractivity contribution in [2.75, 3.05) is 44.2 Å². The molecule has 6 nitrogen and oxygen atoms in total. The molecule has 0 aromatic heterocycles. The van der Waals surface area contributed by atoms with Crippen LogP contribution in [0.15, 0.2) is 29.3 Å². The average Bonchev–Trinajstić information content (AvgIpc) is 2.60. The lowest BCUT2D eigenvalue weighted by Crippen LogP contribution is -2.49. The Kier molecular flexibility index (Phi) is 10.1. The summed E-state index contributed by atoms with van der Waals surface area (Å²) in [6, 6.07) is 7.79. The minimum absolute atomic E-state index is 0. The first-order chi connectivity index (χ1) is 12.0. The van der Waals surface area contributed by atoms with Gasteiger partial charge in [-0.1, -0.05) is 25.4 Å². The van der Waals surface area contributed by atoms with E-state index in [9.17, 15) is 4.79 Å². The Balaban J connectivity index is 0.00000338. The van der Waals surface area contributed by atoms with Crippen molar-refractivity contribution in [2.45, 2.75) is 20.3 Å². The highest BCUT2D eigenvalue weighted by Gasteiger charge is 2.20. The minimum Gasteiger partial charge on any atom is -0.370 e. The maximum absolute atomic E-state index is 12.3. The molecular weight excluding hydrogens is 465 g/mol. The van der Waals surface area contributed by atoms with Crippen molar-refractivity contribution in [3.8, 4) is 0 Å². The van der Waals surface area contributed by atoms with Crippen LogP contribution in [-0.4, -0.2) is 56.0 Å². The standard InChI is InChI=1S/C18H28ClN5O.HI/c1-14(2)7-8-21-18(20)22-13-17(25)24-11-9-23(10-12-24)16-5-3-15(19)4-6-16;/h3-6,14H,7-13H2,1-2H3,(H3,20,21,22);1H. The Bertz CT molecular complexity index is 586. The van der Waals surface area contributed by atoms with Crippen LogP contribution in [0.4, 0.5) is 5.69 Å². The summed E-state index contributed by atoms with van der Waals surface area (Å²) in [5.41, 5.74) is 6.93. The van der Waals surface area contributed by atoms with E-state index >= 15 is 0 Å². The Hall–Kier alpha value is -1.22. The largest absolute Gasteiger partial charge is 0.370 e. The number of aliphatic imine (C=N–C) groups is 1. The van der Waals surface area contributed by atoms with E-state index in [1.807, 2.05) is 29.2 Å². The third-order valence-corrected chi connectivity index (χ3v) is 4.49. The van der Waals surface area contributed by atoms with Gasteiger partial charge in [-0.25, -0.2) is 4.99 Å². The van der Waals surface area contributed by atoms with Crippen molar-refractivity contribution in [3.63, 3.8) is 0 Å². The van der Waals surface area contributed by atoms with E-state index in [4.69, 9.17) is 17.3 Å². The molecule has 8 heteroatoms. The molecule has 1 aromatic rings. The summed E-state index contributed by atoms with van der Waals surface area (Å²) in [4.78, 5) is 20.5. The maximum Gasteiger partial charge on any atom is 0.244 e. The van der Waals surface area contributed by atoms with Crippen LogP contribution < -0.4 is 16.0 Å². The number of piperazine rings is 1. The molecule has 0 saturated carbocycles. The molecule has 1 amide bonds. The molecule has 1 aliphatic rings. The lowest BCUT2D eigenvalue weighted by molar-refractivity contribution is -0.129. The number of benzene rings is 1. The first-order valence-corrected chi connectivity index (χ1v) is 9.15. The number of nitrogens with two attached hydrogens (primary N) is 1. The summed E-state index contributed by atoms with van der Waals surface area (Å²) >= 11 is 5.92. The van der Waals surface area contributed by atoms with Gasteiger partial charge in [0.1, 0.15) is 6.54 Å². The van der Waals surface area contributed by atoms with Crippen LogP contribution in [0.5, 0.6) is 0 Å². The molecule has 1 fully saturated rings. The minimum atomic E-state index is 0.